The van der Waals surface area contributed by atoms with Crippen LogP contribution in [0.25, 0.3) is 0 Å². The van der Waals surface area contributed by atoms with Crippen molar-refractivity contribution < 1.29 is 9.47 Å². The molecule has 0 spiro atoms. The van der Waals surface area contributed by atoms with Crippen LogP contribution in [0.1, 0.15) is 32.1 Å². The SMILES string of the molecule is CN(CCC1OCCCO1)CC1(N(C)C)CCC1. The molecule has 1 aliphatic carbocycles. The van der Waals surface area contributed by atoms with Gasteiger partial charge in [-0.05, 0) is 46.8 Å². The summed E-state index contributed by atoms with van der Waals surface area (Å²) in [7, 11) is 6.63. The first kappa shape index (κ1) is 14.3. The summed E-state index contributed by atoms with van der Waals surface area (Å²) >= 11 is 0. The number of hydrogen-bond acceptors (Lipinski definition) is 4. The van der Waals surface area contributed by atoms with Gasteiger partial charge in [-0.15, -0.1) is 0 Å². The monoisotopic (exact) mass is 256 g/mol. The Bertz CT molecular complexity index is 248. The Morgan fingerprint density at radius 3 is 2.22 bits per heavy atom. The van der Waals surface area contributed by atoms with Gasteiger partial charge in [0, 0.05) is 25.0 Å². The van der Waals surface area contributed by atoms with Crippen molar-refractivity contribution in [3.05, 3.63) is 0 Å². The second-order valence-electron chi connectivity index (χ2n) is 6.02. The van der Waals surface area contributed by atoms with Crippen molar-refractivity contribution in [3.63, 3.8) is 0 Å². The summed E-state index contributed by atoms with van der Waals surface area (Å²) in [5, 5.41) is 0. The van der Waals surface area contributed by atoms with Crippen molar-refractivity contribution in [2.75, 3.05) is 47.4 Å². The Morgan fingerprint density at radius 2 is 1.72 bits per heavy atom. The van der Waals surface area contributed by atoms with Gasteiger partial charge in [-0.2, -0.15) is 0 Å². The zero-order chi connectivity index (χ0) is 13.0. The Hall–Kier alpha value is -0.160. The van der Waals surface area contributed by atoms with Crippen LogP contribution in [0.3, 0.4) is 0 Å². The van der Waals surface area contributed by atoms with Crippen molar-refractivity contribution >= 4 is 0 Å². The molecule has 0 atom stereocenters. The maximum absolute atomic E-state index is 5.59. The average Bonchev–Trinajstić information content (AvgIpc) is 2.32. The molecule has 4 heteroatoms. The van der Waals surface area contributed by atoms with Gasteiger partial charge in [0.05, 0.1) is 13.2 Å². The molecule has 106 valence electrons. The summed E-state index contributed by atoms with van der Waals surface area (Å²) in [6, 6.07) is 0. The van der Waals surface area contributed by atoms with Gasteiger partial charge in [-0.3, -0.25) is 0 Å². The van der Waals surface area contributed by atoms with Crippen LogP contribution in [0, 0.1) is 0 Å². The summed E-state index contributed by atoms with van der Waals surface area (Å²) in [6.07, 6.45) is 6.09. The number of hydrogen-bond donors (Lipinski definition) is 0. The van der Waals surface area contributed by atoms with E-state index in [1.165, 1.54) is 19.3 Å². The molecule has 0 aromatic rings. The lowest BCUT2D eigenvalue weighted by molar-refractivity contribution is -0.182. The molecule has 0 radical (unpaired) electrons. The Morgan fingerprint density at radius 1 is 1.06 bits per heavy atom. The third kappa shape index (κ3) is 3.44. The van der Waals surface area contributed by atoms with Crippen molar-refractivity contribution in [1.29, 1.82) is 0 Å². The molecule has 0 aromatic heterocycles. The van der Waals surface area contributed by atoms with Crippen LogP contribution >= 0.6 is 0 Å². The van der Waals surface area contributed by atoms with E-state index in [1.807, 2.05) is 0 Å². The minimum absolute atomic E-state index is 0.0258. The first-order chi connectivity index (χ1) is 8.62. The molecule has 1 saturated carbocycles. The van der Waals surface area contributed by atoms with E-state index >= 15 is 0 Å². The third-order valence-corrected chi connectivity index (χ3v) is 4.44. The highest BCUT2D eigenvalue weighted by atomic mass is 16.7. The van der Waals surface area contributed by atoms with E-state index in [4.69, 9.17) is 9.47 Å². The molecule has 1 saturated heterocycles. The Balaban J connectivity index is 1.69. The molecule has 18 heavy (non-hydrogen) atoms. The first-order valence-corrected chi connectivity index (χ1v) is 7.22. The lowest BCUT2D eigenvalue weighted by atomic mass is 9.75. The van der Waals surface area contributed by atoms with Gasteiger partial charge in [0.2, 0.25) is 0 Å². The van der Waals surface area contributed by atoms with Gasteiger partial charge >= 0.3 is 0 Å². The lowest BCUT2D eigenvalue weighted by Gasteiger charge is -2.49. The van der Waals surface area contributed by atoms with Crippen LogP contribution in [0.2, 0.25) is 0 Å². The average molecular weight is 256 g/mol. The van der Waals surface area contributed by atoms with Crippen LogP contribution in [-0.2, 0) is 9.47 Å². The molecule has 0 N–H and O–H groups in total. The zero-order valence-corrected chi connectivity index (χ0v) is 12.2. The van der Waals surface area contributed by atoms with E-state index in [1.54, 1.807) is 0 Å². The minimum atomic E-state index is 0.0258. The van der Waals surface area contributed by atoms with E-state index in [0.29, 0.717) is 5.54 Å². The quantitative estimate of drug-likeness (QED) is 0.720. The number of ether oxygens (including phenoxy) is 2. The van der Waals surface area contributed by atoms with E-state index in [9.17, 15) is 0 Å². The van der Waals surface area contributed by atoms with Gasteiger partial charge in [0.25, 0.3) is 0 Å². The third-order valence-electron chi connectivity index (χ3n) is 4.44. The van der Waals surface area contributed by atoms with E-state index in [-0.39, 0.29) is 6.29 Å². The van der Waals surface area contributed by atoms with E-state index in [2.05, 4.69) is 30.9 Å². The van der Waals surface area contributed by atoms with Crippen LogP contribution in [0.5, 0.6) is 0 Å². The van der Waals surface area contributed by atoms with Crippen molar-refractivity contribution in [2.45, 2.75) is 43.9 Å². The fraction of sp³-hybridized carbons (Fsp3) is 1.00. The highest BCUT2D eigenvalue weighted by Gasteiger charge is 2.39. The molecule has 0 bridgehead atoms. The Labute approximate surface area is 111 Å². The van der Waals surface area contributed by atoms with Gasteiger partial charge in [0.15, 0.2) is 6.29 Å². The largest absolute Gasteiger partial charge is 0.353 e. The van der Waals surface area contributed by atoms with Gasteiger partial charge in [-0.1, -0.05) is 0 Å². The number of likely N-dealkylation sites (N-methyl/N-ethyl adjacent to an activating group) is 2. The fourth-order valence-corrected chi connectivity index (χ4v) is 2.94. The summed E-state index contributed by atoms with van der Waals surface area (Å²) < 4.78 is 11.2. The topological polar surface area (TPSA) is 24.9 Å². The van der Waals surface area contributed by atoms with Gasteiger partial charge in [-0.25, -0.2) is 0 Å². The lowest BCUT2D eigenvalue weighted by Crippen LogP contribution is -2.56. The van der Waals surface area contributed by atoms with E-state index < -0.39 is 0 Å². The second-order valence-corrected chi connectivity index (χ2v) is 6.02. The summed E-state index contributed by atoms with van der Waals surface area (Å²) in [4.78, 5) is 4.83. The maximum Gasteiger partial charge on any atom is 0.158 e. The molecular formula is C14H28N2O2. The molecule has 1 aliphatic heterocycles. The predicted molar refractivity (Wildman–Crippen MR) is 72.7 cm³/mol. The summed E-state index contributed by atoms with van der Waals surface area (Å²) in [6.45, 7) is 3.93. The van der Waals surface area contributed by atoms with Crippen LogP contribution in [-0.4, -0.2) is 69.1 Å². The molecule has 0 amide bonds. The van der Waals surface area contributed by atoms with Gasteiger partial charge in [0.1, 0.15) is 0 Å². The predicted octanol–water partition coefficient (Wildman–Crippen LogP) is 1.56. The smallest absolute Gasteiger partial charge is 0.158 e. The van der Waals surface area contributed by atoms with Crippen LogP contribution in [0.4, 0.5) is 0 Å². The molecule has 4 nitrogen and oxygen atoms in total. The number of rotatable bonds is 6. The summed E-state index contributed by atoms with van der Waals surface area (Å²) in [5.74, 6) is 0. The van der Waals surface area contributed by atoms with E-state index in [0.717, 1.165) is 39.1 Å². The first-order valence-electron chi connectivity index (χ1n) is 7.22. The normalized spacial score (nSPS) is 24.5. The molecule has 2 aliphatic rings. The molecule has 2 fully saturated rings. The second kappa shape index (κ2) is 6.33. The minimum Gasteiger partial charge on any atom is -0.353 e. The van der Waals surface area contributed by atoms with Gasteiger partial charge < -0.3 is 19.3 Å². The molecule has 1 heterocycles. The van der Waals surface area contributed by atoms with Crippen LogP contribution < -0.4 is 0 Å². The number of nitrogens with zero attached hydrogens (tertiary/aromatic N) is 2. The molecule has 0 aromatic carbocycles. The maximum atomic E-state index is 5.59. The molecular weight excluding hydrogens is 228 g/mol. The standard InChI is InChI=1S/C14H28N2O2/c1-15(2)14(7-4-8-14)12-16(3)9-6-13-17-10-5-11-18-13/h13H,4-12H2,1-3H3. The van der Waals surface area contributed by atoms with Crippen molar-refractivity contribution in [2.24, 2.45) is 0 Å². The molecule has 2 rings (SSSR count). The summed E-state index contributed by atoms with van der Waals surface area (Å²) in [5.41, 5.74) is 0.420. The van der Waals surface area contributed by atoms with Crippen LogP contribution in [0.15, 0.2) is 0 Å². The van der Waals surface area contributed by atoms with Crippen molar-refractivity contribution in [1.82, 2.24) is 9.80 Å². The highest BCUT2D eigenvalue weighted by Crippen LogP contribution is 2.36. The Kier molecular flexibility index (Phi) is 5.01. The highest BCUT2D eigenvalue weighted by molar-refractivity contribution is 4.97. The zero-order valence-electron chi connectivity index (χ0n) is 12.2. The van der Waals surface area contributed by atoms with Crippen molar-refractivity contribution in [3.8, 4) is 0 Å². The molecule has 0 unspecified atom stereocenters. The fourth-order valence-electron chi connectivity index (χ4n) is 2.94.